The van der Waals surface area contributed by atoms with Gasteiger partial charge in [0.25, 0.3) is 5.91 Å². The van der Waals surface area contributed by atoms with Crippen LogP contribution >= 0.6 is 0 Å². The van der Waals surface area contributed by atoms with Crippen LogP contribution in [0.5, 0.6) is 0 Å². The summed E-state index contributed by atoms with van der Waals surface area (Å²) in [6.45, 7) is 2.03. The van der Waals surface area contributed by atoms with Crippen LogP contribution in [0.4, 0.5) is 10.1 Å². The minimum atomic E-state index is -0.638. The van der Waals surface area contributed by atoms with Gasteiger partial charge in [0.05, 0.1) is 12.2 Å². The molecule has 1 heterocycles. The Morgan fingerprint density at radius 1 is 1.10 bits per heavy atom. The fraction of sp³-hybridized carbons (Fsp3) is 0.0870. The summed E-state index contributed by atoms with van der Waals surface area (Å²) in [5.74, 6) is -0.653. The summed E-state index contributed by atoms with van der Waals surface area (Å²) < 4.78 is 23.6. The number of rotatable bonds is 6. The molecule has 0 atom stereocenters. The number of nitriles is 1. The van der Waals surface area contributed by atoms with Gasteiger partial charge in [0, 0.05) is 17.3 Å². The third-order valence-corrected chi connectivity index (χ3v) is 4.06. The van der Waals surface area contributed by atoms with Crippen LogP contribution in [0.15, 0.2) is 70.7 Å². The number of furan rings is 1. The van der Waals surface area contributed by atoms with Gasteiger partial charge < -0.3 is 14.5 Å². The monoisotopic (exact) mass is 404 g/mol. The van der Waals surface area contributed by atoms with E-state index in [-0.39, 0.29) is 5.57 Å². The summed E-state index contributed by atoms with van der Waals surface area (Å²) in [5.41, 5.74) is 1.34. The molecule has 0 unspecified atom stereocenters. The summed E-state index contributed by atoms with van der Waals surface area (Å²) in [7, 11) is 0. The first-order valence-corrected chi connectivity index (χ1v) is 9.06. The normalized spacial score (nSPS) is 10.9. The molecule has 7 heteroatoms. The molecule has 0 fully saturated rings. The summed E-state index contributed by atoms with van der Waals surface area (Å²) in [4.78, 5) is 24.0. The molecule has 3 rings (SSSR count). The van der Waals surface area contributed by atoms with Gasteiger partial charge in [-0.3, -0.25) is 4.79 Å². The van der Waals surface area contributed by atoms with Crippen LogP contribution in [0, 0.1) is 17.1 Å². The average molecular weight is 404 g/mol. The molecule has 0 spiro atoms. The zero-order valence-corrected chi connectivity index (χ0v) is 16.0. The fourth-order valence-corrected chi connectivity index (χ4v) is 2.59. The maximum absolute atomic E-state index is 13.0. The third kappa shape index (κ3) is 5.00. The number of ether oxygens (including phenoxy) is 1. The lowest BCUT2D eigenvalue weighted by Gasteiger charge is -2.03. The number of halogens is 1. The number of benzene rings is 2. The van der Waals surface area contributed by atoms with E-state index in [4.69, 9.17) is 9.15 Å². The van der Waals surface area contributed by atoms with E-state index in [1.807, 2.05) is 6.07 Å². The van der Waals surface area contributed by atoms with Crippen molar-refractivity contribution in [1.82, 2.24) is 0 Å². The number of hydrogen-bond donors (Lipinski definition) is 1. The molecule has 2 aromatic carbocycles. The zero-order valence-electron chi connectivity index (χ0n) is 16.0. The van der Waals surface area contributed by atoms with Crippen molar-refractivity contribution in [2.24, 2.45) is 0 Å². The highest BCUT2D eigenvalue weighted by molar-refractivity contribution is 6.09. The number of carbonyl (C=O) groups is 2. The first-order chi connectivity index (χ1) is 14.5. The fourth-order valence-electron chi connectivity index (χ4n) is 2.59. The van der Waals surface area contributed by atoms with Crippen molar-refractivity contribution < 1.29 is 23.1 Å². The van der Waals surface area contributed by atoms with Gasteiger partial charge in [-0.15, -0.1) is 0 Å². The molecule has 150 valence electrons. The van der Waals surface area contributed by atoms with Crippen molar-refractivity contribution in [2.75, 3.05) is 11.9 Å². The Kier molecular flexibility index (Phi) is 6.40. The highest BCUT2D eigenvalue weighted by Crippen LogP contribution is 2.24. The molecule has 1 N–H and O–H groups in total. The van der Waals surface area contributed by atoms with Crippen LogP contribution in [0.3, 0.4) is 0 Å². The van der Waals surface area contributed by atoms with E-state index in [0.717, 1.165) is 5.56 Å². The summed E-state index contributed by atoms with van der Waals surface area (Å²) in [6, 6.07) is 17.0. The third-order valence-electron chi connectivity index (χ3n) is 4.06. The molecule has 0 aliphatic heterocycles. The van der Waals surface area contributed by atoms with Gasteiger partial charge in [-0.1, -0.05) is 12.1 Å². The Morgan fingerprint density at radius 2 is 1.80 bits per heavy atom. The largest absolute Gasteiger partial charge is 0.462 e. The molecule has 0 saturated carbocycles. The Hall–Kier alpha value is -4.18. The first-order valence-electron chi connectivity index (χ1n) is 9.06. The number of nitrogens with one attached hydrogen (secondary N) is 1. The lowest BCUT2D eigenvalue weighted by Crippen LogP contribution is -2.13. The van der Waals surface area contributed by atoms with E-state index in [1.54, 1.807) is 43.3 Å². The van der Waals surface area contributed by atoms with E-state index in [2.05, 4.69) is 5.32 Å². The highest BCUT2D eigenvalue weighted by atomic mass is 19.1. The SMILES string of the molecule is CCOC(=O)c1ccc(-c2ccc(/C=C(\C#N)C(=O)Nc3ccc(F)cc3)o2)cc1. The Labute approximate surface area is 172 Å². The minimum absolute atomic E-state index is 0.169. The molecule has 0 bridgehead atoms. The van der Waals surface area contributed by atoms with E-state index in [0.29, 0.717) is 29.4 Å². The Bertz CT molecular complexity index is 1120. The van der Waals surface area contributed by atoms with Crippen LogP contribution in [-0.4, -0.2) is 18.5 Å². The van der Waals surface area contributed by atoms with E-state index >= 15 is 0 Å². The molecule has 0 radical (unpaired) electrons. The number of nitrogens with zero attached hydrogens (tertiary/aromatic N) is 1. The second-order valence-electron chi connectivity index (χ2n) is 6.13. The summed E-state index contributed by atoms with van der Waals surface area (Å²) in [6.07, 6.45) is 1.31. The molecule has 0 saturated heterocycles. The molecule has 1 amide bonds. The topological polar surface area (TPSA) is 92.3 Å². The number of carbonyl (C=O) groups excluding carboxylic acids is 2. The lowest BCUT2D eigenvalue weighted by atomic mass is 10.1. The Balaban J connectivity index is 1.74. The van der Waals surface area contributed by atoms with Gasteiger partial charge in [0.2, 0.25) is 0 Å². The maximum Gasteiger partial charge on any atom is 0.338 e. The maximum atomic E-state index is 13.0. The van der Waals surface area contributed by atoms with Crippen LogP contribution in [0.2, 0.25) is 0 Å². The van der Waals surface area contributed by atoms with Crippen molar-refractivity contribution in [1.29, 1.82) is 5.26 Å². The molecule has 6 nitrogen and oxygen atoms in total. The van der Waals surface area contributed by atoms with Gasteiger partial charge in [-0.25, -0.2) is 9.18 Å². The highest BCUT2D eigenvalue weighted by Gasteiger charge is 2.12. The number of esters is 1. The second-order valence-corrected chi connectivity index (χ2v) is 6.13. The molecule has 0 aliphatic rings. The predicted molar refractivity (Wildman–Crippen MR) is 109 cm³/mol. The van der Waals surface area contributed by atoms with Crippen LogP contribution in [0.25, 0.3) is 17.4 Å². The van der Waals surface area contributed by atoms with Crippen molar-refractivity contribution in [3.05, 3.63) is 83.4 Å². The van der Waals surface area contributed by atoms with E-state index in [1.165, 1.54) is 30.3 Å². The Morgan fingerprint density at radius 3 is 2.43 bits per heavy atom. The number of hydrogen-bond acceptors (Lipinski definition) is 5. The zero-order chi connectivity index (χ0) is 21.5. The van der Waals surface area contributed by atoms with Crippen molar-refractivity contribution in [3.8, 4) is 17.4 Å². The van der Waals surface area contributed by atoms with Crippen LogP contribution in [0.1, 0.15) is 23.0 Å². The minimum Gasteiger partial charge on any atom is -0.462 e. The van der Waals surface area contributed by atoms with Crippen LogP contribution < -0.4 is 5.32 Å². The second kappa shape index (κ2) is 9.34. The van der Waals surface area contributed by atoms with Gasteiger partial charge >= 0.3 is 5.97 Å². The van der Waals surface area contributed by atoms with Gasteiger partial charge in [0.1, 0.15) is 29.0 Å². The van der Waals surface area contributed by atoms with Crippen LogP contribution in [-0.2, 0) is 9.53 Å². The predicted octanol–water partition coefficient (Wildman–Crippen LogP) is 4.81. The average Bonchev–Trinajstić information content (AvgIpc) is 3.22. The molecule has 3 aromatic rings. The molecular weight excluding hydrogens is 387 g/mol. The molecule has 30 heavy (non-hydrogen) atoms. The number of amides is 1. The first kappa shape index (κ1) is 20.6. The van der Waals surface area contributed by atoms with Crippen molar-refractivity contribution in [2.45, 2.75) is 6.92 Å². The molecule has 0 aliphatic carbocycles. The van der Waals surface area contributed by atoms with Gasteiger partial charge in [-0.2, -0.15) is 5.26 Å². The van der Waals surface area contributed by atoms with Crippen molar-refractivity contribution >= 4 is 23.6 Å². The summed E-state index contributed by atoms with van der Waals surface area (Å²) >= 11 is 0. The quantitative estimate of drug-likeness (QED) is 0.362. The molecule has 1 aromatic heterocycles. The van der Waals surface area contributed by atoms with E-state index in [9.17, 15) is 19.2 Å². The van der Waals surface area contributed by atoms with Gasteiger partial charge in [0.15, 0.2) is 0 Å². The van der Waals surface area contributed by atoms with E-state index < -0.39 is 17.7 Å². The summed E-state index contributed by atoms with van der Waals surface area (Å²) in [5, 5.41) is 11.8. The van der Waals surface area contributed by atoms with Gasteiger partial charge in [-0.05, 0) is 55.5 Å². The standard InChI is InChI=1S/C23H17FN2O4/c1-2-29-23(28)16-5-3-15(4-6-16)21-12-11-20(30-21)13-17(14-25)22(27)26-19-9-7-18(24)8-10-19/h3-13H,2H2,1H3,(H,26,27)/b17-13+. The number of anilines is 1. The smallest absolute Gasteiger partial charge is 0.338 e. The molecular formula is C23H17FN2O4. The van der Waals surface area contributed by atoms with Crippen molar-refractivity contribution in [3.63, 3.8) is 0 Å². The lowest BCUT2D eigenvalue weighted by molar-refractivity contribution is -0.112.